The van der Waals surface area contributed by atoms with E-state index >= 15 is 0 Å². The van der Waals surface area contributed by atoms with Crippen molar-refractivity contribution in [2.45, 2.75) is 147 Å². The second kappa shape index (κ2) is 27.0. The Morgan fingerprint density at radius 1 is 0.711 bits per heavy atom. The number of fused-ring (bicyclic) bond motifs is 3. The number of nitrogens with zero attached hydrogens (tertiary/aromatic N) is 6. The summed E-state index contributed by atoms with van der Waals surface area (Å²) in [5.41, 5.74) is 4.29. The van der Waals surface area contributed by atoms with Gasteiger partial charge in [0, 0.05) is 53.7 Å². The van der Waals surface area contributed by atoms with Crippen molar-refractivity contribution in [3.8, 4) is 11.1 Å². The third kappa shape index (κ3) is 14.5. The molecule has 0 aromatic heterocycles. The zero-order valence-corrected chi connectivity index (χ0v) is 46.0. The molecule has 3 N–H and O–H groups in total. The lowest BCUT2D eigenvalue weighted by Gasteiger charge is -2.44. The highest BCUT2D eigenvalue weighted by Crippen LogP contribution is 2.44. The Bertz CT molecular complexity index is 2370. The van der Waals surface area contributed by atoms with Gasteiger partial charge in [-0.05, 0) is 78.5 Å². The lowest BCUT2D eigenvalue weighted by molar-refractivity contribution is -0.158. The molecule has 416 valence electrons. The van der Waals surface area contributed by atoms with Crippen LogP contribution in [0.4, 0.5) is 4.79 Å². The Morgan fingerprint density at radius 3 is 1.87 bits per heavy atom. The summed E-state index contributed by atoms with van der Waals surface area (Å²) in [6, 6.07) is 10.8. The van der Waals surface area contributed by atoms with E-state index in [0.717, 1.165) is 73.6 Å². The first-order valence-corrected chi connectivity index (χ1v) is 27.5. The molecule has 0 spiro atoms. The first kappa shape index (κ1) is 58.7. The summed E-state index contributed by atoms with van der Waals surface area (Å²) in [6.45, 7) is 7.97. The minimum atomic E-state index is -1.30. The van der Waals surface area contributed by atoms with E-state index in [1.165, 1.54) is 52.7 Å². The van der Waals surface area contributed by atoms with Crippen LogP contribution in [0.3, 0.4) is 0 Å². The minimum absolute atomic E-state index is 0.0101. The van der Waals surface area contributed by atoms with Gasteiger partial charge in [0.1, 0.15) is 36.8 Å². The quantitative estimate of drug-likeness (QED) is 0.133. The van der Waals surface area contributed by atoms with Crippen molar-refractivity contribution >= 4 is 53.4 Å². The highest BCUT2D eigenvalue weighted by atomic mass is 16.6. The normalized spacial score (nSPS) is 18.4. The van der Waals surface area contributed by atoms with Crippen LogP contribution in [0, 0.1) is 17.8 Å². The lowest BCUT2D eigenvalue weighted by Crippen LogP contribution is -2.63. The van der Waals surface area contributed by atoms with Crippen LogP contribution in [-0.4, -0.2) is 186 Å². The molecule has 2 aliphatic heterocycles. The Labute approximate surface area is 448 Å². The van der Waals surface area contributed by atoms with Crippen molar-refractivity contribution in [1.82, 2.24) is 40.0 Å². The highest BCUT2D eigenvalue weighted by Gasteiger charge is 2.44. The first-order valence-electron chi connectivity index (χ1n) is 27.5. The fourth-order valence-corrected chi connectivity index (χ4v) is 11.2. The van der Waals surface area contributed by atoms with Gasteiger partial charge in [-0.25, -0.2) is 4.79 Å². The van der Waals surface area contributed by atoms with E-state index in [9.17, 15) is 48.3 Å². The highest BCUT2D eigenvalue weighted by molar-refractivity contribution is 5.97. The molecule has 76 heavy (non-hydrogen) atoms. The Kier molecular flexibility index (Phi) is 20.9. The number of aliphatic carboxylic acids is 1. The number of likely N-dealkylation sites (N-methyl/N-ethyl adjacent to an activating group) is 4. The summed E-state index contributed by atoms with van der Waals surface area (Å²) in [7, 11) is 5.94. The number of hydrogen-bond acceptors (Lipinski definition) is 10. The average molecular weight is 1060 g/mol. The van der Waals surface area contributed by atoms with Crippen LogP contribution < -0.4 is 10.6 Å². The van der Waals surface area contributed by atoms with E-state index in [-0.39, 0.29) is 43.2 Å². The van der Waals surface area contributed by atoms with Crippen molar-refractivity contribution in [1.29, 1.82) is 0 Å². The molecule has 19 nitrogen and oxygen atoms in total. The predicted octanol–water partition coefficient (Wildman–Crippen LogP) is 5.10. The van der Waals surface area contributed by atoms with Crippen LogP contribution >= 0.6 is 0 Å². The zero-order valence-electron chi connectivity index (χ0n) is 46.0. The smallest absolute Gasteiger partial charge is 0.410 e. The molecule has 19 heteroatoms. The molecule has 2 aromatic rings. The molecule has 4 aliphatic rings. The average Bonchev–Trinajstić information content (AvgIpc) is 3.71. The summed E-state index contributed by atoms with van der Waals surface area (Å²) in [6.07, 6.45) is 7.45. The largest absolute Gasteiger partial charge is 0.481 e. The molecule has 3 fully saturated rings. The molecule has 6 atom stereocenters. The van der Waals surface area contributed by atoms with Gasteiger partial charge in [0.05, 0.1) is 19.5 Å². The van der Waals surface area contributed by atoms with E-state index in [1.54, 1.807) is 4.90 Å². The minimum Gasteiger partial charge on any atom is -0.481 e. The number of hydrogen-bond donors (Lipinski definition) is 3. The maximum absolute atomic E-state index is 14.4. The molecule has 2 saturated heterocycles. The van der Waals surface area contributed by atoms with E-state index in [4.69, 9.17) is 4.74 Å². The van der Waals surface area contributed by atoms with Crippen LogP contribution in [0.25, 0.3) is 11.1 Å². The van der Waals surface area contributed by atoms with Crippen molar-refractivity contribution < 1.29 is 53.0 Å². The van der Waals surface area contributed by atoms with Gasteiger partial charge in [0.25, 0.3) is 0 Å². The summed E-state index contributed by atoms with van der Waals surface area (Å²) < 4.78 is 5.93. The van der Waals surface area contributed by atoms with Gasteiger partial charge in [0.15, 0.2) is 0 Å². The summed E-state index contributed by atoms with van der Waals surface area (Å²) >= 11 is 0. The van der Waals surface area contributed by atoms with Gasteiger partial charge in [-0.1, -0.05) is 115 Å². The van der Waals surface area contributed by atoms with Crippen LogP contribution in [-0.2, 0) is 43.1 Å². The number of benzene rings is 2. The number of carbonyl (C=O) groups is 9. The molecule has 2 aliphatic carbocycles. The maximum atomic E-state index is 14.4. The van der Waals surface area contributed by atoms with Gasteiger partial charge < -0.3 is 45.0 Å². The number of nitrogens with one attached hydrogen (secondary N) is 2. The standard InChI is InChI=1S/C57H82N8O11/c1-9-37(4)51(59-52(70)46(30-36(2)3)63(8)57(75)76-35-43-41-24-16-14-22-39(41)40-23-15-17-25-42(40)43)56(74)61(6)34-49(67)65-29-26-45(65)55(73)62(7)47(31-38-20-12-10-13-21-38)54(72)60(5)33-48(66)58-44(32-50(68)69)53(71)64-27-18-11-19-28-64/h14-17,22-25,36-38,43-47,51H,9-13,18-21,26-35H2,1-8H3,(H,58,66)(H,59,70)(H,68,69)/t37-,44-,45-,46-,47-,51-/m0/s1. The monoisotopic (exact) mass is 1050 g/mol. The molecule has 2 heterocycles. The van der Waals surface area contributed by atoms with Gasteiger partial charge in [-0.2, -0.15) is 0 Å². The number of carboxylic acids is 1. The fraction of sp³-hybridized carbons (Fsp3) is 0.632. The molecular formula is C57H82N8O11. The first-order chi connectivity index (χ1) is 36.2. The zero-order chi connectivity index (χ0) is 55.4. The molecule has 2 aromatic carbocycles. The predicted molar refractivity (Wildman–Crippen MR) is 285 cm³/mol. The Morgan fingerprint density at radius 2 is 1.30 bits per heavy atom. The summed E-state index contributed by atoms with van der Waals surface area (Å²) in [5.74, 6) is -5.37. The molecule has 0 unspecified atom stereocenters. The third-order valence-corrected chi connectivity index (χ3v) is 16.1. The van der Waals surface area contributed by atoms with Gasteiger partial charge in [-0.15, -0.1) is 0 Å². The molecule has 6 rings (SSSR count). The Balaban J connectivity index is 1.08. The van der Waals surface area contributed by atoms with Crippen molar-refractivity contribution in [2.75, 3.05) is 67.5 Å². The lowest BCUT2D eigenvalue weighted by atomic mass is 9.84. The van der Waals surface area contributed by atoms with Gasteiger partial charge >= 0.3 is 12.1 Å². The topological polar surface area (TPSA) is 227 Å². The summed E-state index contributed by atoms with van der Waals surface area (Å²) in [4.78, 5) is 132. The molecule has 0 bridgehead atoms. The number of carboxylic acid groups (broad SMARTS) is 1. The van der Waals surface area contributed by atoms with Crippen molar-refractivity contribution in [3.05, 3.63) is 59.7 Å². The summed E-state index contributed by atoms with van der Waals surface area (Å²) in [5, 5.41) is 15.0. The second-order valence-electron chi connectivity index (χ2n) is 22.0. The van der Waals surface area contributed by atoms with Crippen LogP contribution in [0.5, 0.6) is 0 Å². The van der Waals surface area contributed by atoms with Crippen molar-refractivity contribution in [3.63, 3.8) is 0 Å². The molecule has 1 saturated carbocycles. The number of ether oxygens (including phenoxy) is 1. The van der Waals surface area contributed by atoms with E-state index < -0.39 is 103 Å². The van der Waals surface area contributed by atoms with Crippen LogP contribution in [0.15, 0.2) is 48.5 Å². The number of carbonyl (C=O) groups excluding carboxylic acids is 8. The van der Waals surface area contributed by atoms with E-state index in [0.29, 0.717) is 32.4 Å². The second-order valence-corrected chi connectivity index (χ2v) is 22.0. The van der Waals surface area contributed by atoms with Gasteiger partial charge in [0.2, 0.25) is 41.4 Å². The molecule has 8 amide bonds. The fourth-order valence-electron chi connectivity index (χ4n) is 11.2. The number of piperidine rings is 1. The Hall–Kier alpha value is -6.53. The van der Waals surface area contributed by atoms with Crippen LogP contribution in [0.1, 0.15) is 128 Å². The third-order valence-electron chi connectivity index (χ3n) is 16.1. The maximum Gasteiger partial charge on any atom is 0.410 e. The van der Waals surface area contributed by atoms with E-state index in [1.807, 2.05) is 64.1 Å². The number of rotatable bonds is 23. The van der Waals surface area contributed by atoms with E-state index in [2.05, 4.69) is 22.8 Å². The number of likely N-dealkylation sites (tertiary alicyclic amines) is 2. The molecular weight excluding hydrogens is 973 g/mol. The van der Waals surface area contributed by atoms with Gasteiger partial charge in [-0.3, -0.25) is 43.3 Å². The SMILES string of the molecule is CC[C@H](C)[C@H](NC(=O)[C@H](CC(C)C)N(C)C(=O)OCC1c2ccccc2-c2ccccc21)C(=O)N(C)CC(=O)N1CC[C@H]1C(=O)N(C)[C@@H](CC1CCCCC1)C(=O)N(C)CC(=O)N[C@@H](CC(=O)O)C(=O)N1CCCCC1. The number of amides is 8. The molecule has 0 radical (unpaired) electrons. The van der Waals surface area contributed by atoms with Crippen LogP contribution in [0.2, 0.25) is 0 Å². The van der Waals surface area contributed by atoms with Crippen molar-refractivity contribution in [2.24, 2.45) is 17.8 Å².